The average Bonchev–Trinajstić information content (AvgIpc) is 3.18. The fourth-order valence-corrected chi connectivity index (χ4v) is 1.66. The first kappa shape index (κ1) is 12.9. The van der Waals surface area contributed by atoms with Crippen molar-refractivity contribution in [3.63, 3.8) is 0 Å². The molecule has 0 atom stereocenters. The molecule has 1 aliphatic carbocycles. The lowest BCUT2D eigenvalue weighted by molar-refractivity contribution is 0.309. The lowest BCUT2D eigenvalue weighted by atomic mass is 10.2. The van der Waals surface area contributed by atoms with E-state index >= 15 is 0 Å². The first-order valence-corrected chi connectivity index (χ1v) is 6.34. The predicted octanol–water partition coefficient (Wildman–Crippen LogP) is 2.87. The van der Waals surface area contributed by atoms with Gasteiger partial charge in [0.15, 0.2) is 11.6 Å². The molecule has 18 heavy (non-hydrogen) atoms. The van der Waals surface area contributed by atoms with E-state index in [0.29, 0.717) is 24.8 Å². The number of halogens is 1. The maximum Gasteiger partial charge on any atom is 0.165 e. The minimum absolute atomic E-state index is 0.297. The number of hydrogen-bond donors (Lipinski definition) is 1. The summed E-state index contributed by atoms with van der Waals surface area (Å²) in [5, 5.41) is 3.35. The maximum atomic E-state index is 13.7. The van der Waals surface area contributed by atoms with Crippen molar-refractivity contribution < 1.29 is 9.13 Å². The van der Waals surface area contributed by atoms with E-state index in [0.717, 1.165) is 12.1 Å². The van der Waals surface area contributed by atoms with Crippen molar-refractivity contribution in [3.05, 3.63) is 29.6 Å². The normalized spacial score (nSPS) is 13.9. The first-order valence-electron chi connectivity index (χ1n) is 6.34. The molecule has 96 valence electrons. The highest BCUT2D eigenvalue weighted by Gasteiger charge is 2.20. The number of hydrogen-bond acceptors (Lipinski definition) is 2. The topological polar surface area (TPSA) is 21.3 Å². The molecule has 1 N–H and O–H groups in total. The number of rotatable bonds is 6. The van der Waals surface area contributed by atoms with E-state index in [9.17, 15) is 4.39 Å². The molecule has 0 amide bonds. The lowest BCUT2D eigenvalue weighted by Crippen LogP contribution is -2.15. The molecule has 0 saturated heterocycles. The van der Waals surface area contributed by atoms with Crippen LogP contribution in [0.25, 0.3) is 0 Å². The van der Waals surface area contributed by atoms with E-state index in [1.807, 2.05) is 6.07 Å². The molecular formula is C15H18FNO. The molecule has 1 aliphatic rings. The molecular weight excluding hydrogens is 229 g/mol. The minimum Gasteiger partial charge on any atom is -0.490 e. The first-order chi connectivity index (χ1) is 8.79. The smallest absolute Gasteiger partial charge is 0.165 e. The molecule has 1 aromatic rings. The highest BCUT2D eigenvalue weighted by Crippen LogP contribution is 2.21. The summed E-state index contributed by atoms with van der Waals surface area (Å²) in [6.07, 6.45) is 3.10. The molecule has 1 saturated carbocycles. The van der Waals surface area contributed by atoms with Crippen LogP contribution >= 0.6 is 0 Å². The molecule has 0 aliphatic heterocycles. The van der Waals surface area contributed by atoms with Crippen molar-refractivity contribution in [2.24, 2.45) is 0 Å². The van der Waals surface area contributed by atoms with E-state index in [1.165, 1.54) is 18.9 Å². The fourth-order valence-electron chi connectivity index (χ4n) is 1.66. The fraction of sp³-hybridized carbons (Fsp3) is 0.467. The van der Waals surface area contributed by atoms with Gasteiger partial charge in [0.05, 0.1) is 6.61 Å². The number of benzene rings is 1. The van der Waals surface area contributed by atoms with Gasteiger partial charge < -0.3 is 10.1 Å². The summed E-state index contributed by atoms with van der Waals surface area (Å²) >= 11 is 0. The van der Waals surface area contributed by atoms with Crippen LogP contribution in [-0.2, 0) is 6.54 Å². The Morgan fingerprint density at radius 1 is 1.44 bits per heavy atom. The van der Waals surface area contributed by atoms with Crippen LogP contribution in [0.4, 0.5) is 4.39 Å². The van der Waals surface area contributed by atoms with Gasteiger partial charge in [-0.3, -0.25) is 0 Å². The van der Waals surface area contributed by atoms with Gasteiger partial charge in [-0.25, -0.2) is 4.39 Å². The zero-order valence-electron chi connectivity index (χ0n) is 10.6. The van der Waals surface area contributed by atoms with Gasteiger partial charge in [-0.15, -0.1) is 11.8 Å². The monoisotopic (exact) mass is 247 g/mol. The third kappa shape index (κ3) is 4.05. The largest absolute Gasteiger partial charge is 0.490 e. The summed E-state index contributed by atoms with van der Waals surface area (Å²) in [4.78, 5) is 0. The number of ether oxygens (including phenoxy) is 1. The van der Waals surface area contributed by atoms with E-state index in [2.05, 4.69) is 17.2 Å². The second kappa shape index (κ2) is 6.42. The lowest BCUT2D eigenvalue weighted by Gasteiger charge is -2.08. The summed E-state index contributed by atoms with van der Waals surface area (Å²) in [6.45, 7) is 2.93. The SMILES string of the molecule is CC#CCCOc1ccc(CNC2CC2)cc1F. The molecule has 0 aromatic heterocycles. The summed E-state index contributed by atoms with van der Waals surface area (Å²) < 4.78 is 19.0. The second-order valence-electron chi connectivity index (χ2n) is 4.45. The van der Waals surface area contributed by atoms with Gasteiger partial charge in [-0.2, -0.15) is 0 Å². The molecule has 0 bridgehead atoms. The van der Waals surface area contributed by atoms with Crippen molar-refractivity contribution in [2.45, 2.75) is 38.8 Å². The Hall–Kier alpha value is -1.53. The van der Waals surface area contributed by atoms with Crippen LogP contribution in [0.1, 0.15) is 31.7 Å². The highest BCUT2D eigenvalue weighted by molar-refractivity contribution is 5.29. The van der Waals surface area contributed by atoms with Gasteiger partial charge in [0.1, 0.15) is 0 Å². The highest BCUT2D eigenvalue weighted by atomic mass is 19.1. The van der Waals surface area contributed by atoms with Crippen LogP contribution < -0.4 is 10.1 Å². The van der Waals surface area contributed by atoms with Crippen molar-refractivity contribution in [2.75, 3.05) is 6.61 Å². The van der Waals surface area contributed by atoms with Gasteiger partial charge >= 0.3 is 0 Å². The van der Waals surface area contributed by atoms with Gasteiger partial charge in [-0.1, -0.05) is 6.07 Å². The Morgan fingerprint density at radius 3 is 2.94 bits per heavy atom. The molecule has 3 heteroatoms. The minimum atomic E-state index is -0.297. The molecule has 2 nitrogen and oxygen atoms in total. The zero-order chi connectivity index (χ0) is 12.8. The summed E-state index contributed by atoms with van der Waals surface area (Å²) in [5.74, 6) is 5.67. The Kier molecular flexibility index (Phi) is 4.60. The van der Waals surface area contributed by atoms with Crippen molar-refractivity contribution >= 4 is 0 Å². The van der Waals surface area contributed by atoms with Gasteiger partial charge in [-0.05, 0) is 37.5 Å². The zero-order valence-corrected chi connectivity index (χ0v) is 10.6. The van der Waals surface area contributed by atoms with Crippen molar-refractivity contribution in [1.82, 2.24) is 5.32 Å². The molecule has 0 spiro atoms. The van der Waals surface area contributed by atoms with Crippen molar-refractivity contribution in [3.8, 4) is 17.6 Å². The summed E-state index contributed by atoms with van der Waals surface area (Å²) in [5.41, 5.74) is 0.958. The average molecular weight is 247 g/mol. The van der Waals surface area contributed by atoms with Crippen LogP contribution in [0, 0.1) is 17.7 Å². The Bertz CT molecular complexity index is 457. The van der Waals surface area contributed by atoms with Gasteiger partial charge in [0.2, 0.25) is 0 Å². The van der Waals surface area contributed by atoms with Crippen LogP contribution in [0.3, 0.4) is 0 Å². The van der Waals surface area contributed by atoms with E-state index in [-0.39, 0.29) is 5.82 Å². The van der Waals surface area contributed by atoms with E-state index in [4.69, 9.17) is 4.74 Å². The third-order valence-electron chi connectivity index (χ3n) is 2.83. The summed E-state index contributed by atoms with van der Waals surface area (Å²) in [6, 6.07) is 5.77. The molecule has 2 rings (SSSR count). The summed E-state index contributed by atoms with van der Waals surface area (Å²) in [7, 11) is 0. The third-order valence-corrected chi connectivity index (χ3v) is 2.83. The van der Waals surface area contributed by atoms with Crippen LogP contribution in [-0.4, -0.2) is 12.6 Å². The Balaban J connectivity index is 1.84. The number of nitrogens with one attached hydrogen (secondary N) is 1. The quantitative estimate of drug-likeness (QED) is 0.616. The van der Waals surface area contributed by atoms with Crippen LogP contribution in [0.5, 0.6) is 5.75 Å². The van der Waals surface area contributed by atoms with E-state index < -0.39 is 0 Å². The molecule has 0 heterocycles. The van der Waals surface area contributed by atoms with Gasteiger partial charge in [0, 0.05) is 19.0 Å². The van der Waals surface area contributed by atoms with E-state index in [1.54, 1.807) is 13.0 Å². The van der Waals surface area contributed by atoms with Gasteiger partial charge in [0.25, 0.3) is 0 Å². The van der Waals surface area contributed by atoms with Crippen LogP contribution in [0.15, 0.2) is 18.2 Å². The Morgan fingerprint density at radius 2 is 2.28 bits per heavy atom. The predicted molar refractivity (Wildman–Crippen MR) is 69.8 cm³/mol. The van der Waals surface area contributed by atoms with Crippen molar-refractivity contribution in [1.29, 1.82) is 0 Å². The molecule has 1 aromatic carbocycles. The standard InChI is InChI=1S/C15H18FNO/c1-2-3-4-9-18-15-8-5-12(10-14(15)16)11-17-13-6-7-13/h5,8,10,13,17H,4,6-7,9,11H2,1H3. The molecule has 0 unspecified atom stereocenters. The molecule has 1 fully saturated rings. The Labute approximate surface area is 108 Å². The van der Waals surface area contributed by atoms with Crippen LogP contribution in [0.2, 0.25) is 0 Å². The maximum absolute atomic E-state index is 13.7. The second-order valence-corrected chi connectivity index (χ2v) is 4.45. The molecule has 0 radical (unpaired) electrons.